The number of nitrogens with one attached hydrogen (secondary N) is 2. The highest BCUT2D eigenvalue weighted by molar-refractivity contribution is 5.74. The lowest BCUT2D eigenvalue weighted by Crippen LogP contribution is -2.56. The molecule has 1 aliphatic rings. The first-order chi connectivity index (χ1) is 10.4. The third-order valence-electron chi connectivity index (χ3n) is 3.40. The van der Waals surface area contributed by atoms with Gasteiger partial charge in [0.15, 0.2) is 0 Å². The summed E-state index contributed by atoms with van der Waals surface area (Å²) in [5.41, 5.74) is -0.464. The Morgan fingerprint density at radius 3 is 3.00 bits per heavy atom. The third kappa shape index (κ3) is 4.08. The van der Waals surface area contributed by atoms with E-state index in [1.54, 1.807) is 16.9 Å². The minimum Gasteiger partial charge on any atom is -0.382 e. The number of hydrogen-bond acceptors (Lipinski definition) is 6. The van der Waals surface area contributed by atoms with Crippen molar-refractivity contribution in [3.05, 3.63) is 5.82 Å². The van der Waals surface area contributed by atoms with E-state index in [-0.39, 0.29) is 6.03 Å². The van der Waals surface area contributed by atoms with Crippen LogP contribution in [0, 0.1) is 0 Å². The van der Waals surface area contributed by atoms with Crippen molar-refractivity contribution < 1.29 is 14.3 Å². The predicted octanol–water partition coefficient (Wildman–Crippen LogP) is -0.182. The third-order valence-corrected chi connectivity index (χ3v) is 3.40. The van der Waals surface area contributed by atoms with Gasteiger partial charge in [0.2, 0.25) is 5.95 Å². The average Bonchev–Trinajstić information content (AvgIpc) is 2.94. The Labute approximate surface area is 130 Å². The van der Waals surface area contributed by atoms with Crippen LogP contribution in [0.5, 0.6) is 0 Å². The van der Waals surface area contributed by atoms with E-state index in [0.717, 1.165) is 0 Å². The number of ether oxygens (including phenoxy) is 2. The molecule has 2 N–H and O–H groups in total. The van der Waals surface area contributed by atoms with Crippen molar-refractivity contribution in [3.63, 3.8) is 0 Å². The highest BCUT2D eigenvalue weighted by Gasteiger charge is 2.34. The van der Waals surface area contributed by atoms with Crippen molar-refractivity contribution in [2.24, 2.45) is 0 Å². The first-order valence-electron chi connectivity index (χ1n) is 7.18. The smallest absolute Gasteiger partial charge is 0.317 e. The van der Waals surface area contributed by atoms with Crippen LogP contribution >= 0.6 is 0 Å². The molecule has 1 saturated heterocycles. The zero-order chi connectivity index (χ0) is 16.2. The minimum atomic E-state index is -0.464. The molecule has 9 nitrogen and oxygen atoms in total. The Kier molecular flexibility index (Phi) is 5.19. The first-order valence-corrected chi connectivity index (χ1v) is 7.18. The zero-order valence-electron chi connectivity index (χ0n) is 13.5. The number of amides is 2. The summed E-state index contributed by atoms with van der Waals surface area (Å²) < 4.78 is 10.9. The highest BCUT2D eigenvalue weighted by Crippen LogP contribution is 2.17. The van der Waals surface area contributed by atoms with E-state index in [4.69, 9.17) is 9.47 Å². The van der Waals surface area contributed by atoms with Crippen molar-refractivity contribution >= 4 is 12.0 Å². The first kappa shape index (κ1) is 16.5. The van der Waals surface area contributed by atoms with Gasteiger partial charge in [-0.15, -0.1) is 5.10 Å². The second-order valence-corrected chi connectivity index (χ2v) is 5.79. The number of hydrogen-bond donors (Lipinski definition) is 2. The number of morpholine rings is 1. The molecule has 2 amide bonds. The van der Waals surface area contributed by atoms with E-state index >= 15 is 0 Å². The van der Waals surface area contributed by atoms with Gasteiger partial charge in [-0.25, -0.2) is 4.79 Å². The summed E-state index contributed by atoms with van der Waals surface area (Å²) in [6.45, 7) is 4.25. The number of rotatable bonds is 5. The Morgan fingerprint density at radius 1 is 1.59 bits per heavy atom. The molecule has 0 saturated carbocycles. The summed E-state index contributed by atoms with van der Waals surface area (Å²) >= 11 is 0. The molecular weight excluding hydrogens is 288 g/mol. The van der Waals surface area contributed by atoms with Gasteiger partial charge in [-0.1, -0.05) is 0 Å². The van der Waals surface area contributed by atoms with Crippen LogP contribution in [-0.4, -0.2) is 79.2 Å². The quantitative estimate of drug-likeness (QED) is 0.783. The SMILES string of the molecule is COCC1(C)CN(C(=O)NCc2nc(N(C)C)n[nH]2)CCO1. The molecule has 0 bridgehead atoms. The number of aromatic nitrogens is 3. The van der Waals surface area contributed by atoms with E-state index in [1.165, 1.54) is 0 Å². The Morgan fingerprint density at radius 2 is 2.36 bits per heavy atom. The maximum atomic E-state index is 12.3. The number of methoxy groups -OCH3 is 1. The molecule has 0 aromatic carbocycles. The molecule has 1 atom stereocenters. The van der Waals surface area contributed by atoms with Gasteiger partial charge < -0.3 is 24.6 Å². The molecule has 0 radical (unpaired) electrons. The van der Waals surface area contributed by atoms with Crippen molar-refractivity contribution in [1.29, 1.82) is 0 Å². The Balaban J connectivity index is 1.86. The van der Waals surface area contributed by atoms with Crippen molar-refractivity contribution in [1.82, 2.24) is 25.4 Å². The molecule has 2 heterocycles. The summed E-state index contributed by atoms with van der Waals surface area (Å²) in [7, 11) is 5.34. The molecule has 1 fully saturated rings. The van der Waals surface area contributed by atoms with E-state index in [9.17, 15) is 4.79 Å². The topological polar surface area (TPSA) is 95.6 Å². The molecular formula is C13H24N6O3. The Hall–Kier alpha value is -1.87. The van der Waals surface area contributed by atoms with E-state index < -0.39 is 5.60 Å². The fraction of sp³-hybridized carbons (Fsp3) is 0.769. The van der Waals surface area contributed by atoms with Crippen LogP contribution in [0.15, 0.2) is 0 Å². The van der Waals surface area contributed by atoms with Gasteiger partial charge in [-0.2, -0.15) is 4.98 Å². The molecule has 1 unspecified atom stereocenters. The molecule has 1 aromatic heterocycles. The zero-order valence-corrected chi connectivity index (χ0v) is 13.5. The van der Waals surface area contributed by atoms with Gasteiger partial charge in [-0.05, 0) is 6.92 Å². The van der Waals surface area contributed by atoms with Gasteiger partial charge in [0.25, 0.3) is 0 Å². The molecule has 1 aromatic rings. The predicted molar refractivity (Wildman–Crippen MR) is 80.8 cm³/mol. The van der Waals surface area contributed by atoms with Crippen LogP contribution < -0.4 is 10.2 Å². The van der Waals surface area contributed by atoms with Crippen LogP contribution in [0.2, 0.25) is 0 Å². The van der Waals surface area contributed by atoms with Crippen molar-refractivity contribution in [2.75, 3.05) is 52.4 Å². The molecule has 22 heavy (non-hydrogen) atoms. The van der Waals surface area contributed by atoms with Gasteiger partial charge in [0, 0.05) is 27.7 Å². The minimum absolute atomic E-state index is 0.145. The molecule has 1 aliphatic heterocycles. The lowest BCUT2D eigenvalue weighted by molar-refractivity contribution is -0.118. The summed E-state index contributed by atoms with van der Waals surface area (Å²) in [6, 6.07) is -0.145. The van der Waals surface area contributed by atoms with Crippen LogP contribution in [0.1, 0.15) is 12.7 Å². The average molecular weight is 312 g/mol. The van der Waals surface area contributed by atoms with Crippen LogP contribution in [0.25, 0.3) is 0 Å². The largest absolute Gasteiger partial charge is 0.382 e. The Bertz CT molecular complexity index is 502. The normalized spacial score (nSPS) is 21.7. The van der Waals surface area contributed by atoms with Gasteiger partial charge in [0.1, 0.15) is 11.4 Å². The monoisotopic (exact) mass is 312 g/mol. The van der Waals surface area contributed by atoms with E-state index in [0.29, 0.717) is 44.6 Å². The summed E-state index contributed by atoms with van der Waals surface area (Å²) in [4.78, 5) is 20.0. The van der Waals surface area contributed by atoms with Crippen LogP contribution in [0.3, 0.4) is 0 Å². The molecule has 2 rings (SSSR count). The summed E-state index contributed by atoms with van der Waals surface area (Å²) in [6.07, 6.45) is 0. The lowest BCUT2D eigenvalue weighted by atomic mass is 10.1. The van der Waals surface area contributed by atoms with Crippen LogP contribution in [0.4, 0.5) is 10.7 Å². The summed E-state index contributed by atoms with van der Waals surface area (Å²) in [5.74, 6) is 1.20. The molecule has 124 valence electrons. The standard InChI is InChI=1S/C13H24N6O3/c1-13(9-21-4)8-19(5-6-22-13)12(20)14-7-10-15-11(17-16-10)18(2)3/h5-9H2,1-4H3,(H,14,20)(H,15,16,17). The number of aromatic amines is 1. The second-order valence-electron chi connectivity index (χ2n) is 5.79. The number of urea groups is 1. The van der Waals surface area contributed by atoms with E-state index in [1.807, 2.05) is 21.0 Å². The van der Waals surface area contributed by atoms with Gasteiger partial charge >= 0.3 is 6.03 Å². The molecule has 0 aliphatic carbocycles. The van der Waals surface area contributed by atoms with Gasteiger partial charge in [0.05, 0.1) is 26.3 Å². The number of anilines is 1. The highest BCUT2D eigenvalue weighted by atomic mass is 16.5. The fourth-order valence-electron chi connectivity index (χ4n) is 2.33. The van der Waals surface area contributed by atoms with Gasteiger partial charge in [-0.3, -0.25) is 5.10 Å². The van der Waals surface area contributed by atoms with Crippen molar-refractivity contribution in [3.8, 4) is 0 Å². The maximum absolute atomic E-state index is 12.3. The number of carbonyl (C=O) groups excluding carboxylic acids is 1. The lowest BCUT2D eigenvalue weighted by Gasteiger charge is -2.39. The summed E-state index contributed by atoms with van der Waals surface area (Å²) in [5, 5.41) is 9.68. The second kappa shape index (κ2) is 6.93. The van der Waals surface area contributed by atoms with E-state index in [2.05, 4.69) is 20.5 Å². The fourth-order valence-corrected chi connectivity index (χ4v) is 2.33. The number of nitrogens with zero attached hydrogens (tertiary/aromatic N) is 4. The molecule has 0 spiro atoms. The number of carbonyl (C=O) groups is 1. The molecule has 9 heteroatoms. The van der Waals surface area contributed by atoms with Crippen molar-refractivity contribution in [2.45, 2.75) is 19.1 Å². The maximum Gasteiger partial charge on any atom is 0.317 e. The van der Waals surface area contributed by atoms with Crippen LogP contribution in [-0.2, 0) is 16.0 Å². The number of H-pyrrole nitrogens is 1.